The summed E-state index contributed by atoms with van der Waals surface area (Å²) in [5.41, 5.74) is 1.69. The van der Waals surface area contributed by atoms with E-state index in [1.54, 1.807) is 42.5 Å². The van der Waals surface area contributed by atoms with Gasteiger partial charge in [-0.3, -0.25) is 4.79 Å². The highest BCUT2D eigenvalue weighted by Crippen LogP contribution is 2.25. The van der Waals surface area contributed by atoms with Gasteiger partial charge in [0.15, 0.2) is 0 Å². The molecule has 3 N–H and O–H groups in total. The number of aromatic hydroxyl groups is 1. The smallest absolute Gasteiger partial charge is 0.267 e. The van der Waals surface area contributed by atoms with Crippen LogP contribution in [0.2, 0.25) is 0 Å². The van der Waals surface area contributed by atoms with Crippen molar-refractivity contribution in [2.45, 2.75) is 6.92 Å². The first-order chi connectivity index (χ1) is 14.0. The van der Waals surface area contributed by atoms with Crippen LogP contribution in [0.15, 0.2) is 84.6 Å². The van der Waals surface area contributed by atoms with Gasteiger partial charge in [-0.25, -0.2) is 0 Å². The molecule has 0 aliphatic rings. The van der Waals surface area contributed by atoms with Gasteiger partial charge in [0.1, 0.15) is 28.9 Å². The van der Waals surface area contributed by atoms with Gasteiger partial charge in [-0.15, -0.1) is 0 Å². The zero-order chi connectivity index (χ0) is 20.6. The summed E-state index contributed by atoms with van der Waals surface area (Å²) in [7, 11) is 0. The minimum absolute atomic E-state index is 0.0351. The summed E-state index contributed by atoms with van der Waals surface area (Å²) in [6.45, 7) is 1.85. The lowest BCUT2D eigenvalue weighted by Gasteiger charge is -2.08. The second-order valence-corrected chi connectivity index (χ2v) is 6.23. The maximum atomic E-state index is 12.3. The predicted octanol–water partition coefficient (Wildman–Crippen LogP) is 4.95. The standard InChI is InChI=1S/C23H19N3O3/c1-16-7-12-21(22(27)13-16)25-15-17(14-24)23(28)26-18-8-10-20(11-9-18)29-19-5-3-2-4-6-19/h2-13,15,25,27H,1H3,(H,26,28)/b17-15-. The van der Waals surface area contributed by atoms with E-state index >= 15 is 0 Å². The number of phenolic OH excluding ortho intramolecular Hbond substituents is 1. The summed E-state index contributed by atoms with van der Waals surface area (Å²) in [4.78, 5) is 12.3. The number of hydrogen-bond donors (Lipinski definition) is 3. The predicted molar refractivity (Wildman–Crippen MR) is 112 cm³/mol. The number of nitrogens with zero attached hydrogens (tertiary/aromatic N) is 1. The van der Waals surface area contributed by atoms with Crippen LogP contribution >= 0.6 is 0 Å². The number of carbonyl (C=O) groups is 1. The highest BCUT2D eigenvalue weighted by Gasteiger charge is 2.10. The second kappa shape index (κ2) is 9.11. The molecule has 29 heavy (non-hydrogen) atoms. The van der Waals surface area contributed by atoms with Gasteiger partial charge in [0.2, 0.25) is 0 Å². The molecule has 3 aromatic rings. The molecule has 3 rings (SSSR count). The molecule has 0 aliphatic carbocycles. The number of para-hydroxylation sites is 1. The van der Waals surface area contributed by atoms with E-state index in [0.29, 0.717) is 22.9 Å². The molecule has 0 saturated heterocycles. The van der Waals surface area contributed by atoms with E-state index in [4.69, 9.17) is 4.74 Å². The molecule has 0 radical (unpaired) electrons. The number of hydrogen-bond acceptors (Lipinski definition) is 5. The van der Waals surface area contributed by atoms with E-state index in [2.05, 4.69) is 10.6 Å². The molecule has 0 atom stereocenters. The van der Waals surface area contributed by atoms with Crippen LogP contribution in [0, 0.1) is 18.3 Å². The minimum atomic E-state index is -0.566. The van der Waals surface area contributed by atoms with Crippen LogP contribution in [-0.4, -0.2) is 11.0 Å². The molecule has 1 amide bonds. The maximum absolute atomic E-state index is 12.3. The molecular formula is C23H19N3O3. The summed E-state index contributed by atoms with van der Waals surface area (Å²) in [5, 5.41) is 24.6. The van der Waals surface area contributed by atoms with Crippen molar-refractivity contribution in [1.82, 2.24) is 0 Å². The Balaban J connectivity index is 1.64. The lowest BCUT2D eigenvalue weighted by atomic mass is 10.2. The summed E-state index contributed by atoms with van der Waals surface area (Å²) >= 11 is 0. The average molecular weight is 385 g/mol. The number of rotatable bonds is 6. The van der Waals surface area contributed by atoms with Crippen LogP contribution in [0.25, 0.3) is 0 Å². The van der Waals surface area contributed by atoms with E-state index in [1.807, 2.05) is 43.3 Å². The third-order valence-electron chi connectivity index (χ3n) is 3.98. The van der Waals surface area contributed by atoms with Crippen molar-refractivity contribution in [3.05, 3.63) is 90.1 Å². The number of anilines is 2. The van der Waals surface area contributed by atoms with Crippen molar-refractivity contribution < 1.29 is 14.6 Å². The molecule has 0 fully saturated rings. The number of aryl methyl sites for hydroxylation is 1. The molecule has 0 unspecified atom stereocenters. The summed E-state index contributed by atoms with van der Waals surface area (Å²) in [5.74, 6) is 0.808. The van der Waals surface area contributed by atoms with Crippen molar-refractivity contribution in [3.63, 3.8) is 0 Å². The first-order valence-corrected chi connectivity index (χ1v) is 8.86. The van der Waals surface area contributed by atoms with Gasteiger partial charge >= 0.3 is 0 Å². The molecular weight excluding hydrogens is 366 g/mol. The molecule has 0 aliphatic heterocycles. The van der Waals surface area contributed by atoms with E-state index in [0.717, 1.165) is 5.56 Å². The van der Waals surface area contributed by atoms with Crippen LogP contribution in [0.5, 0.6) is 17.2 Å². The number of ether oxygens (including phenoxy) is 1. The number of carbonyl (C=O) groups excluding carboxylic acids is 1. The SMILES string of the molecule is Cc1ccc(N/C=C(/C#N)C(=O)Nc2ccc(Oc3ccccc3)cc2)c(O)c1. The Bertz CT molecular complexity index is 1070. The Hall–Kier alpha value is -4.24. The van der Waals surface area contributed by atoms with Crippen LogP contribution in [0.4, 0.5) is 11.4 Å². The van der Waals surface area contributed by atoms with Gasteiger partial charge in [-0.2, -0.15) is 5.26 Å². The molecule has 0 heterocycles. The fourth-order valence-electron chi connectivity index (χ4n) is 2.49. The van der Waals surface area contributed by atoms with Crippen molar-refractivity contribution in [3.8, 4) is 23.3 Å². The van der Waals surface area contributed by atoms with Gasteiger partial charge < -0.3 is 20.5 Å². The molecule has 0 aromatic heterocycles. The highest BCUT2D eigenvalue weighted by molar-refractivity contribution is 6.06. The van der Waals surface area contributed by atoms with Gasteiger partial charge in [0.05, 0.1) is 5.69 Å². The Kier molecular flexibility index (Phi) is 6.13. The molecule has 0 saturated carbocycles. The number of amides is 1. The summed E-state index contributed by atoms with van der Waals surface area (Å²) in [6, 6.07) is 23.1. The van der Waals surface area contributed by atoms with E-state index in [-0.39, 0.29) is 11.3 Å². The second-order valence-electron chi connectivity index (χ2n) is 6.23. The van der Waals surface area contributed by atoms with Crippen molar-refractivity contribution >= 4 is 17.3 Å². The highest BCUT2D eigenvalue weighted by atomic mass is 16.5. The lowest BCUT2D eigenvalue weighted by molar-refractivity contribution is -0.112. The largest absolute Gasteiger partial charge is 0.506 e. The zero-order valence-corrected chi connectivity index (χ0v) is 15.7. The maximum Gasteiger partial charge on any atom is 0.267 e. The molecule has 6 nitrogen and oxygen atoms in total. The zero-order valence-electron chi connectivity index (χ0n) is 15.7. The van der Waals surface area contributed by atoms with E-state index in [9.17, 15) is 15.2 Å². The van der Waals surface area contributed by atoms with Crippen LogP contribution in [-0.2, 0) is 4.79 Å². The lowest BCUT2D eigenvalue weighted by Crippen LogP contribution is -2.14. The normalized spacial score (nSPS) is 10.7. The number of benzene rings is 3. The van der Waals surface area contributed by atoms with Crippen molar-refractivity contribution in [2.24, 2.45) is 0 Å². The first kappa shape index (κ1) is 19.5. The summed E-state index contributed by atoms with van der Waals surface area (Å²) in [6.07, 6.45) is 1.26. The third-order valence-corrected chi connectivity index (χ3v) is 3.98. The Labute approximate surface area is 168 Å². The topological polar surface area (TPSA) is 94.4 Å². The molecule has 0 spiro atoms. The van der Waals surface area contributed by atoms with E-state index in [1.165, 1.54) is 6.20 Å². The van der Waals surface area contributed by atoms with Crippen LogP contribution in [0.1, 0.15) is 5.56 Å². The third kappa shape index (κ3) is 5.37. The van der Waals surface area contributed by atoms with Crippen molar-refractivity contribution in [1.29, 1.82) is 5.26 Å². The molecule has 0 bridgehead atoms. The average Bonchev–Trinajstić information content (AvgIpc) is 2.72. The summed E-state index contributed by atoms with van der Waals surface area (Å²) < 4.78 is 5.70. The molecule has 6 heteroatoms. The van der Waals surface area contributed by atoms with Crippen molar-refractivity contribution in [2.75, 3.05) is 10.6 Å². The van der Waals surface area contributed by atoms with Crippen LogP contribution in [0.3, 0.4) is 0 Å². The van der Waals surface area contributed by atoms with E-state index < -0.39 is 5.91 Å². The number of phenols is 1. The monoisotopic (exact) mass is 385 g/mol. The first-order valence-electron chi connectivity index (χ1n) is 8.86. The van der Waals surface area contributed by atoms with Gasteiger partial charge in [0.25, 0.3) is 5.91 Å². The fraction of sp³-hybridized carbons (Fsp3) is 0.0435. The Morgan fingerprint density at radius 2 is 1.72 bits per heavy atom. The van der Waals surface area contributed by atoms with Gasteiger partial charge in [0, 0.05) is 11.9 Å². The number of nitriles is 1. The quantitative estimate of drug-likeness (QED) is 0.317. The van der Waals surface area contributed by atoms with Gasteiger partial charge in [-0.1, -0.05) is 24.3 Å². The van der Waals surface area contributed by atoms with Gasteiger partial charge in [-0.05, 0) is 61.0 Å². The van der Waals surface area contributed by atoms with Crippen LogP contribution < -0.4 is 15.4 Å². The minimum Gasteiger partial charge on any atom is -0.506 e. The molecule has 3 aromatic carbocycles. The molecule has 144 valence electrons. The Morgan fingerprint density at radius 3 is 2.38 bits per heavy atom. The number of nitrogens with one attached hydrogen (secondary N) is 2. The fourth-order valence-corrected chi connectivity index (χ4v) is 2.49. The Morgan fingerprint density at radius 1 is 1.03 bits per heavy atom.